The van der Waals surface area contributed by atoms with Crippen LogP contribution < -0.4 is 5.32 Å². The third-order valence-electron chi connectivity index (χ3n) is 4.03. The van der Waals surface area contributed by atoms with Crippen molar-refractivity contribution in [3.63, 3.8) is 0 Å². The van der Waals surface area contributed by atoms with Gasteiger partial charge in [-0.05, 0) is 51.0 Å². The van der Waals surface area contributed by atoms with Gasteiger partial charge in [0.1, 0.15) is 0 Å². The molecule has 1 aromatic carbocycles. The number of nitrogens with one attached hydrogen (secondary N) is 1. The monoisotopic (exact) mass is 262 g/mol. The minimum Gasteiger partial charge on any atom is -0.312 e. The molecule has 0 bridgehead atoms. The molecular formula is C17H30N2. The maximum Gasteiger partial charge on any atom is 0.0473 e. The minimum absolute atomic E-state index is 0.400. The van der Waals surface area contributed by atoms with Gasteiger partial charge in [0.15, 0.2) is 0 Å². The predicted molar refractivity (Wildman–Crippen MR) is 84.6 cm³/mol. The lowest BCUT2D eigenvalue weighted by Crippen LogP contribution is -2.42. The first-order valence-electron chi connectivity index (χ1n) is 7.67. The molecule has 0 fully saturated rings. The molecule has 2 nitrogen and oxygen atoms in total. The largest absolute Gasteiger partial charge is 0.312 e. The zero-order valence-corrected chi connectivity index (χ0v) is 13.2. The SMILES string of the molecule is CCCN(CC)C(C)C(NC)c1ccc(CC)cc1. The van der Waals surface area contributed by atoms with Gasteiger partial charge in [-0.15, -0.1) is 0 Å². The van der Waals surface area contributed by atoms with Crippen LogP contribution in [0.15, 0.2) is 24.3 Å². The zero-order chi connectivity index (χ0) is 14.3. The molecule has 1 N–H and O–H groups in total. The number of nitrogens with zero attached hydrogens (tertiary/aromatic N) is 1. The predicted octanol–water partition coefficient (Wildman–Crippen LogP) is 3.63. The van der Waals surface area contributed by atoms with Gasteiger partial charge in [-0.25, -0.2) is 0 Å². The quantitative estimate of drug-likeness (QED) is 0.769. The van der Waals surface area contributed by atoms with E-state index in [9.17, 15) is 0 Å². The number of hydrogen-bond donors (Lipinski definition) is 1. The fourth-order valence-electron chi connectivity index (χ4n) is 2.79. The van der Waals surface area contributed by atoms with Crippen LogP contribution in [0.5, 0.6) is 0 Å². The Morgan fingerprint density at radius 1 is 1.11 bits per heavy atom. The van der Waals surface area contributed by atoms with Crippen LogP contribution in [0.4, 0.5) is 0 Å². The Balaban J connectivity index is 2.85. The number of aryl methyl sites for hydroxylation is 1. The van der Waals surface area contributed by atoms with Crippen LogP contribution >= 0.6 is 0 Å². The average Bonchev–Trinajstić information content (AvgIpc) is 2.46. The fourth-order valence-corrected chi connectivity index (χ4v) is 2.79. The molecule has 108 valence electrons. The van der Waals surface area contributed by atoms with E-state index in [4.69, 9.17) is 0 Å². The summed E-state index contributed by atoms with van der Waals surface area (Å²) in [5.41, 5.74) is 2.80. The van der Waals surface area contributed by atoms with Crippen molar-refractivity contribution in [2.24, 2.45) is 0 Å². The molecule has 0 saturated carbocycles. The van der Waals surface area contributed by atoms with E-state index < -0.39 is 0 Å². The van der Waals surface area contributed by atoms with Gasteiger partial charge in [-0.3, -0.25) is 4.90 Å². The summed E-state index contributed by atoms with van der Waals surface area (Å²) in [6.07, 6.45) is 2.32. The first-order chi connectivity index (χ1) is 9.17. The second-order valence-corrected chi connectivity index (χ2v) is 5.23. The summed E-state index contributed by atoms with van der Waals surface area (Å²) in [5, 5.41) is 3.49. The molecule has 2 atom stereocenters. The van der Waals surface area contributed by atoms with Crippen molar-refractivity contribution in [1.29, 1.82) is 0 Å². The van der Waals surface area contributed by atoms with Crippen molar-refractivity contribution in [1.82, 2.24) is 10.2 Å². The number of benzene rings is 1. The molecule has 0 aliphatic rings. The van der Waals surface area contributed by atoms with Crippen LogP contribution in [0.2, 0.25) is 0 Å². The van der Waals surface area contributed by atoms with E-state index in [0.29, 0.717) is 12.1 Å². The second kappa shape index (κ2) is 8.34. The maximum atomic E-state index is 3.49. The Morgan fingerprint density at radius 3 is 2.16 bits per heavy atom. The summed E-state index contributed by atoms with van der Waals surface area (Å²) in [6.45, 7) is 11.3. The van der Waals surface area contributed by atoms with E-state index in [1.54, 1.807) is 0 Å². The molecular weight excluding hydrogens is 232 g/mol. The van der Waals surface area contributed by atoms with Gasteiger partial charge in [-0.1, -0.05) is 45.0 Å². The molecule has 1 rings (SSSR count). The lowest BCUT2D eigenvalue weighted by molar-refractivity contribution is 0.181. The highest BCUT2D eigenvalue weighted by molar-refractivity contribution is 5.26. The summed E-state index contributed by atoms with van der Waals surface area (Å²) in [5.74, 6) is 0. The molecule has 0 radical (unpaired) electrons. The Morgan fingerprint density at radius 2 is 1.74 bits per heavy atom. The molecule has 19 heavy (non-hydrogen) atoms. The van der Waals surface area contributed by atoms with Gasteiger partial charge in [0.2, 0.25) is 0 Å². The van der Waals surface area contributed by atoms with Crippen LogP contribution in [0.25, 0.3) is 0 Å². The molecule has 0 heterocycles. The summed E-state index contributed by atoms with van der Waals surface area (Å²) < 4.78 is 0. The first kappa shape index (κ1) is 16.2. The molecule has 1 aromatic rings. The van der Waals surface area contributed by atoms with E-state index >= 15 is 0 Å². The van der Waals surface area contributed by atoms with Crippen LogP contribution in [-0.4, -0.2) is 31.1 Å². The molecule has 0 aliphatic carbocycles. The van der Waals surface area contributed by atoms with Gasteiger partial charge in [0.05, 0.1) is 0 Å². The number of rotatable bonds is 8. The number of hydrogen-bond acceptors (Lipinski definition) is 2. The summed E-state index contributed by atoms with van der Waals surface area (Å²) >= 11 is 0. The molecule has 0 spiro atoms. The highest BCUT2D eigenvalue weighted by atomic mass is 15.2. The van der Waals surface area contributed by atoms with Crippen molar-refractivity contribution in [3.05, 3.63) is 35.4 Å². The van der Waals surface area contributed by atoms with E-state index in [0.717, 1.165) is 13.0 Å². The highest BCUT2D eigenvalue weighted by Crippen LogP contribution is 2.21. The standard InChI is InChI=1S/C17H30N2/c1-6-13-19(8-3)14(4)17(18-5)16-11-9-15(7-2)10-12-16/h9-12,14,17-18H,6-8,13H2,1-5H3. The zero-order valence-electron chi connectivity index (χ0n) is 13.2. The fraction of sp³-hybridized carbons (Fsp3) is 0.647. The molecule has 0 amide bonds. The third kappa shape index (κ3) is 4.32. The van der Waals surface area contributed by atoms with E-state index in [1.165, 1.54) is 24.1 Å². The van der Waals surface area contributed by atoms with E-state index in [-0.39, 0.29) is 0 Å². The summed E-state index contributed by atoms with van der Waals surface area (Å²) in [4.78, 5) is 2.55. The normalized spacial score (nSPS) is 14.6. The highest BCUT2D eigenvalue weighted by Gasteiger charge is 2.22. The molecule has 2 heteroatoms. The Bertz CT molecular complexity index is 345. The smallest absolute Gasteiger partial charge is 0.0473 e. The lowest BCUT2D eigenvalue weighted by Gasteiger charge is -2.34. The first-order valence-corrected chi connectivity index (χ1v) is 7.67. The van der Waals surface area contributed by atoms with Crippen molar-refractivity contribution < 1.29 is 0 Å². The van der Waals surface area contributed by atoms with Gasteiger partial charge in [0.25, 0.3) is 0 Å². The lowest BCUT2D eigenvalue weighted by atomic mass is 9.97. The molecule has 0 aromatic heterocycles. The van der Waals surface area contributed by atoms with E-state index in [2.05, 4.69) is 69.2 Å². The van der Waals surface area contributed by atoms with Gasteiger partial charge in [-0.2, -0.15) is 0 Å². The second-order valence-electron chi connectivity index (χ2n) is 5.23. The van der Waals surface area contributed by atoms with Crippen molar-refractivity contribution in [2.75, 3.05) is 20.1 Å². The minimum atomic E-state index is 0.400. The average molecular weight is 262 g/mol. The summed E-state index contributed by atoms with van der Waals surface area (Å²) in [6, 6.07) is 9.97. The van der Waals surface area contributed by atoms with E-state index in [1.807, 2.05) is 0 Å². The van der Waals surface area contributed by atoms with Crippen LogP contribution in [-0.2, 0) is 6.42 Å². The van der Waals surface area contributed by atoms with Crippen molar-refractivity contribution >= 4 is 0 Å². The van der Waals surface area contributed by atoms with Gasteiger partial charge < -0.3 is 5.32 Å². The molecule has 0 saturated heterocycles. The van der Waals surface area contributed by atoms with Crippen molar-refractivity contribution in [2.45, 2.75) is 52.6 Å². The Hall–Kier alpha value is -0.860. The molecule has 2 unspecified atom stereocenters. The maximum absolute atomic E-state index is 3.49. The van der Waals surface area contributed by atoms with Crippen LogP contribution in [0, 0.1) is 0 Å². The Kier molecular flexibility index (Phi) is 7.11. The van der Waals surface area contributed by atoms with Crippen LogP contribution in [0.1, 0.15) is 51.3 Å². The Labute approximate surface area is 119 Å². The van der Waals surface area contributed by atoms with Gasteiger partial charge >= 0.3 is 0 Å². The summed E-state index contributed by atoms with van der Waals surface area (Å²) in [7, 11) is 2.06. The van der Waals surface area contributed by atoms with Crippen molar-refractivity contribution in [3.8, 4) is 0 Å². The topological polar surface area (TPSA) is 15.3 Å². The third-order valence-corrected chi connectivity index (χ3v) is 4.03. The van der Waals surface area contributed by atoms with Crippen LogP contribution in [0.3, 0.4) is 0 Å². The number of likely N-dealkylation sites (N-methyl/N-ethyl adjacent to an activating group) is 2. The molecule has 0 aliphatic heterocycles. The van der Waals surface area contributed by atoms with Gasteiger partial charge in [0, 0.05) is 12.1 Å².